The van der Waals surface area contributed by atoms with E-state index in [4.69, 9.17) is 0 Å². The Bertz CT molecular complexity index is 1140. The number of carbonyl (C=O) groups excluding carboxylic acids is 1. The Balaban J connectivity index is 1.42. The monoisotopic (exact) mass is 553 g/mol. The average Bonchev–Trinajstić information content (AvgIpc) is 2.94. The van der Waals surface area contributed by atoms with Crippen LogP contribution >= 0.6 is 0 Å². The standard InChI is InChI=1S/C32H46N2O4S/c1-2-3-4-5-6-7-8-16-32(35)34-25-23-33(24-26-34)31-21-18-28(19-22-31)17-20-30-14-10-9-13-29(30)15-11-12-27-39(36,37)38/h9-10,13-14,17-22H,2-8,11-12,15-16,23-27H2,1H3,(H,36,37,38)/p-1/b20-17+. The van der Waals surface area contributed by atoms with E-state index in [1.807, 2.05) is 23.1 Å². The molecule has 0 unspecified atom stereocenters. The van der Waals surface area contributed by atoms with Gasteiger partial charge in [0.25, 0.3) is 0 Å². The van der Waals surface area contributed by atoms with Gasteiger partial charge in [0.2, 0.25) is 5.91 Å². The minimum atomic E-state index is -4.15. The number of hydrogen-bond acceptors (Lipinski definition) is 5. The third-order valence-electron chi connectivity index (χ3n) is 7.49. The summed E-state index contributed by atoms with van der Waals surface area (Å²) >= 11 is 0. The van der Waals surface area contributed by atoms with Crippen LogP contribution in [0.3, 0.4) is 0 Å². The van der Waals surface area contributed by atoms with E-state index in [1.54, 1.807) is 0 Å². The molecule has 7 heteroatoms. The number of carbonyl (C=O) groups is 1. The molecule has 0 bridgehead atoms. The topological polar surface area (TPSA) is 80.8 Å². The molecule has 0 aliphatic carbocycles. The molecular formula is C32H45N2O4S-. The van der Waals surface area contributed by atoms with E-state index in [0.29, 0.717) is 25.2 Å². The van der Waals surface area contributed by atoms with Crippen LogP contribution in [0.25, 0.3) is 12.2 Å². The zero-order valence-corrected chi connectivity index (χ0v) is 24.3. The molecule has 2 aromatic carbocycles. The quantitative estimate of drug-likeness (QED) is 0.134. The van der Waals surface area contributed by atoms with Crippen LogP contribution in [0.5, 0.6) is 0 Å². The summed E-state index contributed by atoms with van der Waals surface area (Å²) in [6, 6.07) is 16.6. The van der Waals surface area contributed by atoms with Gasteiger partial charge < -0.3 is 14.4 Å². The SMILES string of the molecule is CCCCCCCCCC(=O)N1CCN(c2ccc(/C=C/c3ccccc3CCCCS(=O)(=O)[O-])cc2)CC1. The Kier molecular flexibility index (Phi) is 13.0. The largest absolute Gasteiger partial charge is 0.748 e. The summed E-state index contributed by atoms with van der Waals surface area (Å²) in [6.45, 7) is 5.53. The predicted molar refractivity (Wildman–Crippen MR) is 161 cm³/mol. The van der Waals surface area contributed by atoms with Crippen molar-refractivity contribution in [3.05, 3.63) is 65.2 Å². The lowest BCUT2D eigenvalue weighted by atomic mass is 10.0. The molecule has 0 atom stereocenters. The van der Waals surface area contributed by atoms with E-state index in [-0.39, 0.29) is 5.75 Å². The summed E-state index contributed by atoms with van der Waals surface area (Å²) in [6.07, 6.45) is 15.3. The van der Waals surface area contributed by atoms with E-state index in [0.717, 1.165) is 62.1 Å². The minimum Gasteiger partial charge on any atom is -0.748 e. The van der Waals surface area contributed by atoms with Crippen molar-refractivity contribution in [3.63, 3.8) is 0 Å². The third kappa shape index (κ3) is 11.6. The van der Waals surface area contributed by atoms with Gasteiger partial charge in [-0.05, 0) is 54.5 Å². The first kappa shape index (κ1) is 30.9. The molecule has 1 heterocycles. The first-order chi connectivity index (χ1) is 18.9. The van der Waals surface area contributed by atoms with Gasteiger partial charge in [-0.2, -0.15) is 0 Å². The molecule has 0 spiro atoms. The average molecular weight is 554 g/mol. The maximum absolute atomic E-state index is 12.6. The summed E-state index contributed by atoms with van der Waals surface area (Å²) in [5, 5.41) is 0. The van der Waals surface area contributed by atoms with Gasteiger partial charge in [-0.25, -0.2) is 8.42 Å². The van der Waals surface area contributed by atoms with Crippen LogP contribution in [0.1, 0.15) is 87.8 Å². The maximum Gasteiger partial charge on any atom is 0.222 e. The van der Waals surface area contributed by atoms with Crippen LogP contribution in [-0.4, -0.2) is 55.7 Å². The van der Waals surface area contributed by atoms with Gasteiger partial charge in [0.1, 0.15) is 0 Å². The second-order valence-corrected chi connectivity index (χ2v) is 12.1. The molecule has 3 rings (SSSR count). The highest BCUT2D eigenvalue weighted by molar-refractivity contribution is 7.85. The second kappa shape index (κ2) is 16.5. The molecule has 1 saturated heterocycles. The number of nitrogens with zero attached hydrogens (tertiary/aromatic N) is 2. The Morgan fingerprint density at radius 1 is 0.821 bits per heavy atom. The van der Waals surface area contributed by atoms with Gasteiger partial charge in [-0.3, -0.25) is 4.79 Å². The Hall–Kier alpha value is -2.64. The zero-order chi connectivity index (χ0) is 27.9. The molecule has 2 aromatic rings. The number of aryl methyl sites for hydroxylation is 1. The van der Waals surface area contributed by atoms with Gasteiger partial charge in [0.15, 0.2) is 0 Å². The van der Waals surface area contributed by atoms with Crippen molar-refractivity contribution in [2.75, 3.05) is 36.8 Å². The number of amides is 1. The van der Waals surface area contributed by atoms with Crippen molar-refractivity contribution in [1.29, 1.82) is 0 Å². The van der Waals surface area contributed by atoms with E-state index >= 15 is 0 Å². The van der Waals surface area contributed by atoms with Crippen molar-refractivity contribution >= 4 is 33.9 Å². The van der Waals surface area contributed by atoms with Crippen LogP contribution in [0, 0.1) is 0 Å². The highest BCUT2D eigenvalue weighted by Crippen LogP contribution is 2.21. The molecule has 39 heavy (non-hydrogen) atoms. The van der Waals surface area contributed by atoms with Crippen LogP contribution < -0.4 is 4.90 Å². The molecule has 0 radical (unpaired) electrons. The fourth-order valence-corrected chi connectivity index (χ4v) is 5.66. The molecule has 1 aliphatic heterocycles. The number of unbranched alkanes of at least 4 members (excludes halogenated alkanes) is 7. The molecule has 6 nitrogen and oxygen atoms in total. The Labute approximate surface area is 235 Å². The molecule has 214 valence electrons. The molecular weight excluding hydrogens is 508 g/mol. The number of piperazine rings is 1. The van der Waals surface area contributed by atoms with Crippen LogP contribution in [0.2, 0.25) is 0 Å². The van der Waals surface area contributed by atoms with E-state index in [9.17, 15) is 17.8 Å². The first-order valence-corrected chi connectivity index (χ1v) is 16.3. The van der Waals surface area contributed by atoms with Crippen LogP contribution in [0.4, 0.5) is 5.69 Å². The van der Waals surface area contributed by atoms with Gasteiger partial charge in [0, 0.05) is 44.0 Å². The van der Waals surface area contributed by atoms with Crippen molar-refractivity contribution in [2.24, 2.45) is 0 Å². The van der Waals surface area contributed by atoms with E-state index in [2.05, 4.69) is 54.3 Å². The fourth-order valence-electron chi connectivity index (χ4n) is 5.11. The number of anilines is 1. The maximum atomic E-state index is 12.6. The lowest BCUT2D eigenvalue weighted by Gasteiger charge is -2.36. The van der Waals surface area contributed by atoms with Gasteiger partial charge >= 0.3 is 0 Å². The lowest BCUT2D eigenvalue weighted by molar-refractivity contribution is -0.131. The van der Waals surface area contributed by atoms with Gasteiger partial charge in [-0.1, -0.05) is 94.0 Å². The zero-order valence-electron chi connectivity index (χ0n) is 23.5. The highest BCUT2D eigenvalue weighted by atomic mass is 32.2. The smallest absolute Gasteiger partial charge is 0.222 e. The third-order valence-corrected chi connectivity index (χ3v) is 8.27. The summed E-state index contributed by atoms with van der Waals surface area (Å²) in [4.78, 5) is 17.0. The number of rotatable bonds is 16. The summed E-state index contributed by atoms with van der Waals surface area (Å²) in [5.41, 5.74) is 4.53. The summed E-state index contributed by atoms with van der Waals surface area (Å²) in [7, 11) is -4.15. The molecule has 1 amide bonds. The van der Waals surface area contributed by atoms with Gasteiger partial charge in [0.05, 0.1) is 10.1 Å². The van der Waals surface area contributed by atoms with Crippen molar-refractivity contribution in [3.8, 4) is 0 Å². The normalized spacial score (nSPS) is 14.3. The van der Waals surface area contributed by atoms with Crippen molar-refractivity contribution in [2.45, 2.75) is 77.6 Å². The molecule has 1 fully saturated rings. The van der Waals surface area contributed by atoms with E-state index < -0.39 is 10.1 Å². The summed E-state index contributed by atoms with van der Waals surface area (Å²) < 4.78 is 32.5. The summed E-state index contributed by atoms with van der Waals surface area (Å²) in [5.74, 6) is 0.00141. The predicted octanol–water partition coefficient (Wildman–Crippen LogP) is 6.51. The second-order valence-electron chi connectivity index (χ2n) is 10.6. The molecule has 1 aliphatic rings. The number of benzene rings is 2. The van der Waals surface area contributed by atoms with Crippen LogP contribution in [0.15, 0.2) is 48.5 Å². The Morgan fingerprint density at radius 3 is 2.18 bits per heavy atom. The van der Waals surface area contributed by atoms with Crippen molar-refractivity contribution in [1.82, 2.24) is 4.90 Å². The highest BCUT2D eigenvalue weighted by Gasteiger charge is 2.20. The van der Waals surface area contributed by atoms with Crippen molar-refractivity contribution < 1.29 is 17.8 Å². The number of hydrogen-bond donors (Lipinski definition) is 0. The fraction of sp³-hybridized carbons (Fsp3) is 0.531. The lowest BCUT2D eigenvalue weighted by Crippen LogP contribution is -2.48. The van der Waals surface area contributed by atoms with Gasteiger partial charge in [-0.15, -0.1) is 0 Å². The minimum absolute atomic E-state index is 0.304. The molecule has 0 saturated carbocycles. The Morgan fingerprint density at radius 2 is 1.49 bits per heavy atom. The molecule has 0 aromatic heterocycles. The van der Waals surface area contributed by atoms with E-state index in [1.165, 1.54) is 37.8 Å². The first-order valence-electron chi connectivity index (χ1n) is 14.7. The van der Waals surface area contributed by atoms with Crippen LogP contribution in [-0.2, 0) is 21.3 Å². The molecule has 0 N–H and O–H groups in total.